The second-order valence-corrected chi connectivity index (χ2v) is 7.98. The molecule has 0 aromatic carbocycles. The van der Waals surface area contributed by atoms with Crippen LogP contribution in [0.4, 0.5) is 0 Å². The van der Waals surface area contributed by atoms with E-state index in [9.17, 15) is 9.90 Å². The van der Waals surface area contributed by atoms with Crippen LogP contribution in [0.25, 0.3) is 0 Å². The normalized spacial score (nSPS) is 30.2. The number of allylic oxidation sites excluding steroid dienone is 1. The Labute approximate surface area is 157 Å². The van der Waals surface area contributed by atoms with Gasteiger partial charge >= 0.3 is 0 Å². The molecule has 0 aromatic heterocycles. The third kappa shape index (κ3) is 5.01. The van der Waals surface area contributed by atoms with Crippen LogP contribution in [-0.4, -0.2) is 48.5 Å². The predicted octanol–water partition coefficient (Wildman–Crippen LogP) is 3.47. The summed E-state index contributed by atoms with van der Waals surface area (Å²) in [5, 5.41) is 9.26. The largest absolute Gasteiger partial charge is 0.459 e. The third-order valence-electron chi connectivity index (χ3n) is 5.98. The maximum absolute atomic E-state index is 13.1. The van der Waals surface area contributed by atoms with Crippen LogP contribution < -0.4 is 0 Å². The van der Waals surface area contributed by atoms with Gasteiger partial charge in [0.25, 0.3) is 5.91 Å². The number of hydrogen-bond acceptors (Lipinski definition) is 4. The number of hydrogen-bond donors (Lipinski definition) is 1. The van der Waals surface area contributed by atoms with Crippen LogP contribution in [0.2, 0.25) is 0 Å². The second-order valence-electron chi connectivity index (χ2n) is 7.98. The molecule has 1 amide bonds. The van der Waals surface area contributed by atoms with Crippen molar-refractivity contribution in [1.82, 2.24) is 4.90 Å². The molecule has 0 unspecified atom stereocenters. The molecule has 0 radical (unpaired) electrons. The summed E-state index contributed by atoms with van der Waals surface area (Å²) in [6.07, 6.45) is 11.7. The van der Waals surface area contributed by atoms with Crippen LogP contribution in [-0.2, 0) is 14.3 Å². The molecule has 26 heavy (non-hydrogen) atoms. The average Bonchev–Trinajstić information content (AvgIpc) is 3.44. The van der Waals surface area contributed by atoms with Gasteiger partial charge in [-0.3, -0.25) is 4.79 Å². The number of carbonyl (C=O) groups is 1. The predicted molar refractivity (Wildman–Crippen MR) is 100 cm³/mol. The van der Waals surface area contributed by atoms with E-state index in [0.29, 0.717) is 24.2 Å². The summed E-state index contributed by atoms with van der Waals surface area (Å²) < 4.78 is 12.0. The van der Waals surface area contributed by atoms with Crippen LogP contribution in [0.5, 0.6) is 0 Å². The fourth-order valence-electron chi connectivity index (χ4n) is 4.40. The van der Waals surface area contributed by atoms with Gasteiger partial charge < -0.3 is 19.5 Å². The third-order valence-corrected chi connectivity index (χ3v) is 5.98. The molecule has 0 bridgehead atoms. The molecule has 1 saturated heterocycles. The van der Waals surface area contributed by atoms with Crippen molar-refractivity contribution in [3.05, 3.63) is 11.8 Å². The van der Waals surface area contributed by atoms with Crippen molar-refractivity contribution in [3.63, 3.8) is 0 Å². The molecule has 1 N–H and O–H groups in total. The van der Waals surface area contributed by atoms with Crippen LogP contribution >= 0.6 is 0 Å². The lowest BCUT2D eigenvalue weighted by molar-refractivity contribution is -0.177. The molecule has 1 aliphatic carbocycles. The Morgan fingerprint density at radius 2 is 1.92 bits per heavy atom. The zero-order valence-corrected chi connectivity index (χ0v) is 16.2. The zero-order valence-electron chi connectivity index (χ0n) is 16.2. The topological polar surface area (TPSA) is 59.0 Å². The molecule has 148 valence electrons. The van der Waals surface area contributed by atoms with E-state index in [1.54, 1.807) is 0 Å². The van der Waals surface area contributed by atoms with Crippen molar-refractivity contribution in [1.29, 1.82) is 0 Å². The summed E-state index contributed by atoms with van der Waals surface area (Å²) in [6, 6.07) is 0. The van der Waals surface area contributed by atoms with E-state index in [0.717, 1.165) is 38.8 Å². The van der Waals surface area contributed by atoms with Gasteiger partial charge in [-0.2, -0.15) is 0 Å². The number of carbonyl (C=O) groups excluding carboxylic acids is 1. The summed E-state index contributed by atoms with van der Waals surface area (Å²) in [4.78, 5) is 15.1. The van der Waals surface area contributed by atoms with Crippen LogP contribution in [0, 0.1) is 17.8 Å². The number of likely N-dealkylation sites (tertiary alicyclic amines) is 1. The highest BCUT2D eigenvalue weighted by Crippen LogP contribution is 2.47. The minimum absolute atomic E-state index is 0.0443. The van der Waals surface area contributed by atoms with Crippen LogP contribution in [0.15, 0.2) is 11.8 Å². The lowest BCUT2D eigenvalue weighted by Crippen LogP contribution is -2.42. The molecule has 3 atom stereocenters. The molecule has 5 nitrogen and oxygen atoms in total. The second kappa shape index (κ2) is 9.75. The molecule has 2 fully saturated rings. The van der Waals surface area contributed by atoms with Crippen molar-refractivity contribution in [2.75, 3.05) is 26.3 Å². The number of nitrogens with zero attached hydrogens (tertiary/aromatic N) is 1. The van der Waals surface area contributed by atoms with Gasteiger partial charge in [0.2, 0.25) is 6.29 Å². The van der Waals surface area contributed by atoms with Crippen molar-refractivity contribution in [3.8, 4) is 0 Å². The van der Waals surface area contributed by atoms with Gasteiger partial charge in [0.05, 0.1) is 0 Å². The number of aliphatic hydroxyl groups is 1. The van der Waals surface area contributed by atoms with Crippen LogP contribution in [0.1, 0.15) is 64.7 Å². The monoisotopic (exact) mass is 365 g/mol. The lowest BCUT2D eigenvalue weighted by atomic mass is 9.82. The standard InChI is InChI=1S/C21H35NO4/c1-2-25-21-17(9-8-14-23)18(16-10-11-16)15-19(26-21)20(24)22-12-6-4-3-5-7-13-22/h15-18,21,23H,2-14H2,1H3/t17-,18+,21+/m0/s1. The summed E-state index contributed by atoms with van der Waals surface area (Å²) in [6.45, 7) is 4.40. The molecular weight excluding hydrogens is 330 g/mol. The highest BCUT2D eigenvalue weighted by Gasteiger charge is 2.44. The zero-order chi connectivity index (χ0) is 18.4. The van der Waals surface area contributed by atoms with Gasteiger partial charge in [-0.05, 0) is 63.4 Å². The molecule has 1 saturated carbocycles. The number of aliphatic hydroxyl groups excluding tert-OH is 1. The molecule has 2 heterocycles. The fraction of sp³-hybridized carbons (Fsp3) is 0.857. The van der Waals surface area contributed by atoms with Gasteiger partial charge in [-0.25, -0.2) is 0 Å². The van der Waals surface area contributed by atoms with E-state index >= 15 is 0 Å². The molecule has 0 spiro atoms. The van der Waals surface area contributed by atoms with E-state index in [1.165, 1.54) is 32.1 Å². The molecule has 3 rings (SSSR count). The van der Waals surface area contributed by atoms with E-state index < -0.39 is 0 Å². The number of amides is 1. The summed E-state index contributed by atoms with van der Waals surface area (Å²) in [7, 11) is 0. The summed E-state index contributed by atoms with van der Waals surface area (Å²) in [5.74, 6) is 1.75. The maximum Gasteiger partial charge on any atom is 0.288 e. The summed E-state index contributed by atoms with van der Waals surface area (Å²) in [5.41, 5.74) is 0. The first-order chi connectivity index (χ1) is 12.7. The van der Waals surface area contributed by atoms with Crippen molar-refractivity contribution < 1.29 is 19.4 Å². The highest BCUT2D eigenvalue weighted by atomic mass is 16.7. The Morgan fingerprint density at radius 3 is 2.54 bits per heavy atom. The Bertz CT molecular complexity index is 480. The minimum atomic E-state index is -0.365. The lowest BCUT2D eigenvalue weighted by Gasteiger charge is -2.38. The van der Waals surface area contributed by atoms with Gasteiger partial charge in [0.1, 0.15) is 0 Å². The number of rotatable bonds is 7. The van der Waals surface area contributed by atoms with Gasteiger partial charge in [-0.1, -0.05) is 19.3 Å². The first-order valence-corrected chi connectivity index (χ1v) is 10.6. The summed E-state index contributed by atoms with van der Waals surface area (Å²) >= 11 is 0. The van der Waals surface area contributed by atoms with E-state index in [-0.39, 0.29) is 24.7 Å². The average molecular weight is 366 g/mol. The SMILES string of the molecule is CCO[C@@H]1OC(C(=O)N2CCCCCCC2)=C[C@H](C2CC2)[C@@H]1CCCO. The smallest absolute Gasteiger partial charge is 0.288 e. The van der Waals surface area contributed by atoms with Gasteiger partial charge in [0.15, 0.2) is 5.76 Å². The number of ether oxygens (including phenoxy) is 2. The maximum atomic E-state index is 13.1. The van der Waals surface area contributed by atoms with E-state index in [2.05, 4.69) is 6.08 Å². The fourth-order valence-corrected chi connectivity index (χ4v) is 4.40. The Hall–Kier alpha value is -1.07. The molecule has 5 heteroatoms. The van der Waals surface area contributed by atoms with E-state index in [4.69, 9.17) is 9.47 Å². The first kappa shape index (κ1) is 19.7. The Morgan fingerprint density at radius 1 is 1.23 bits per heavy atom. The van der Waals surface area contributed by atoms with Crippen molar-refractivity contribution >= 4 is 5.91 Å². The molecular formula is C21H35NO4. The molecule has 3 aliphatic rings. The van der Waals surface area contributed by atoms with Crippen molar-refractivity contribution in [2.24, 2.45) is 17.8 Å². The van der Waals surface area contributed by atoms with E-state index in [1.807, 2.05) is 11.8 Å². The van der Waals surface area contributed by atoms with Gasteiger partial charge in [-0.15, -0.1) is 0 Å². The van der Waals surface area contributed by atoms with Crippen molar-refractivity contribution in [2.45, 2.75) is 71.0 Å². The van der Waals surface area contributed by atoms with Crippen LogP contribution in [0.3, 0.4) is 0 Å². The minimum Gasteiger partial charge on any atom is -0.459 e. The molecule has 0 aromatic rings. The van der Waals surface area contributed by atoms with Gasteiger partial charge in [0, 0.05) is 32.2 Å². The highest BCUT2D eigenvalue weighted by molar-refractivity contribution is 5.91. The quantitative estimate of drug-likeness (QED) is 0.750. The Balaban J connectivity index is 1.75. The Kier molecular flexibility index (Phi) is 7.38. The molecule has 2 aliphatic heterocycles. The first-order valence-electron chi connectivity index (χ1n) is 10.6.